The molecule has 1 aliphatic rings. The second kappa shape index (κ2) is 9.93. The van der Waals surface area contributed by atoms with Gasteiger partial charge in [-0.25, -0.2) is 5.01 Å². The number of primary amides is 1. The van der Waals surface area contributed by atoms with E-state index >= 15 is 0 Å². The lowest BCUT2D eigenvalue weighted by molar-refractivity contribution is -0.131. The van der Waals surface area contributed by atoms with Crippen LogP contribution in [0.5, 0.6) is 0 Å². The molecule has 9 heteroatoms. The highest BCUT2D eigenvalue weighted by Crippen LogP contribution is 2.33. The zero-order valence-electron chi connectivity index (χ0n) is 17.0. The second-order valence-electron chi connectivity index (χ2n) is 7.13. The van der Waals surface area contributed by atoms with E-state index in [1.807, 2.05) is 42.5 Å². The number of hydrogen-bond donors (Lipinski definition) is 2. The van der Waals surface area contributed by atoms with Gasteiger partial charge < -0.3 is 15.5 Å². The van der Waals surface area contributed by atoms with Crippen molar-refractivity contribution >= 4 is 46.6 Å². The Labute approximate surface area is 194 Å². The van der Waals surface area contributed by atoms with Gasteiger partial charge in [-0.3, -0.25) is 9.59 Å². The highest BCUT2D eigenvalue weighted by atomic mass is 35.5. The summed E-state index contributed by atoms with van der Waals surface area (Å²) in [4.78, 5) is 25.1. The number of para-hydroxylation sites is 1. The molecule has 0 fully saturated rings. The summed E-state index contributed by atoms with van der Waals surface area (Å²) in [6, 6.07) is 18.1. The second-order valence-corrected chi connectivity index (χ2v) is 8.59. The van der Waals surface area contributed by atoms with Crippen molar-refractivity contribution in [1.82, 2.24) is 5.01 Å². The molecule has 2 aromatic carbocycles. The highest BCUT2D eigenvalue weighted by Gasteiger charge is 2.34. The average Bonchev–Trinajstić information content (AvgIpc) is 3.47. The standard InChI is InChI=1S/C23H21ClN4O3S/c24-16-9-7-15(8-10-16)18-12-19(20-5-3-11-31-20)28(27-18)23(30)13-26-17-4-1-2-6-21(17)32-14-22(25)29/h1-11,19,26H,12-14H2,(H2,25,29). The third-order valence-electron chi connectivity index (χ3n) is 4.90. The van der Waals surface area contributed by atoms with Gasteiger partial charge in [0.25, 0.3) is 5.91 Å². The minimum absolute atomic E-state index is 0.0305. The van der Waals surface area contributed by atoms with Gasteiger partial charge >= 0.3 is 0 Å². The molecule has 164 valence electrons. The summed E-state index contributed by atoms with van der Waals surface area (Å²) < 4.78 is 5.58. The van der Waals surface area contributed by atoms with Gasteiger partial charge in [0.1, 0.15) is 11.8 Å². The number of halogens is 1. The molecular formula is C23H21ClN4O3S. The fourth-order valence-electron chi connectivity index (χ4n) is 3.40. The van der Waals surface area contributed by atoms with Crippen molar-refractivity contribution in [3.63, 3.8) is 0 Å². The first-order valence-electron chi connectivity index (χ1n) is 9.94. The van der Waals surface area contributed by atoms with Gasteiger partial charge in [-0.15, -0.1) is 11.8 Å². The average molecular weight is 469 g/mol. The summed E-state index contributed by atoms with van der Waals surface area (Å²) in [5.74, 6) is 0.227. The first-order valence-corrected chi connectivity index (χ1v) is 11.3. The van der Waals surface area contributed by atoms with Crippen LogP contribution in [0.2, 0.25) is 5.02 Å². The number of furan rings is 1. The molecule has 0 radical (unpaired) electrons. The summed E-state index contributed by atoms with van der Waals surface area (Å²) in [7, 11) is 0. The zero-order valence-corrected chi connectivity index (χ0v) is 18.6. The van der Waals surface area contributed by atoms with Crippen molar-refractivity contribution in [3.05, 3.63) is 83.3 Å². The van der Waals surface area contributed by atoms with Crippen LogP contribution in [0.25, 0.3) is 0 Å². The third kappa shape index (κ3) is 5.15. The van der Waals surface area contributed by atoms with E-state index in [1.54, 1.807) is 24.5 Å². The van der Waals surface area contributed by atoms with E-state index < -0.39 is 5.91 Å². The molecule has 2 heterocycles. The molecule has 1 atom stereocenters. The normalized spacial score (nSPS) is 15.5. The van der Waals surface area contributed by atoms with Crippen molar-refractivity contribution in [1.29, 1.82) is 0 Å². The predicted octanol–water partition coefficient (Wildman–Crippen LogP) is 4.30. The summed E-state index contributed by atoms with van der Waals surface area (Å²) in [5.41, 5.74) is 7.70. The Morgan fingerprint density at radius 2 is 1.94 bits per heavy atom. The van der Waals surface area contributed by atoms with E-state index in [9.17, 15) is 9.59 Å². The number of carbonyl (C=O) groups is 2. The van der Waals surface area contributed by atoms with Crippen molar-refractivity contribution in [2.45, 2.75) is 17.4 Å². The van der Waals surface area contributed by atoms with E-state index in [0.717, 1.165) is 21.9 Å². The summed E-state index contributed by atoms with van der Waals surface area (Å²) >= 11 is 7.33. The Balaban J connectivity index is 1.51. The van der Waals surface area contributed by atoms with Gasteiger partial charge in [-0.2, -0.15) is 5.10 Å². The molecule has 0 aliphatic carbocycles. The molecule has 7 nitrogen and oxygen atoms in total. The fourth-order valence-corrected chi connectivity index (χ4v) is 4.29. The molecule has 4 rings (SSSR count). The van der Waals surface area contributed by atoms with Gasteiger partial charge in [0.15, 0.2) is 0 Å². The predicted molar refractivity (Wildman–Crippen MR) is 126 cm³/mol. The quantitative estimate of drug-likeness (QED) is 0.480. The number of nitrogens with two attached hydrogens (primary N) is 1. The zero-order chi connectivity index (χ0) is 22.5. The molecular weight excluding hydrogens is 448 g/mol. The molecule has 1 aliphatic heterocycles. The molecule has 0 bridgehead atoms. The fraction of sp³-hybridized carbons (Fsp3) is 0.174. The summed E-state index contributed by atoms with van der Waals surface area (Å²) in [5, 5.41) is 9.88. The van der Waals surface area contributed by atoms with Crippen LogP contribution < -0.4 is 11.1 Å². The lowest BCUT2D eigenvalue weighted by atomic mass is 10.0. The topological polar surface area (TPSA) is 101 Å². The Kier molecular flexibility index (Phi) is 6.82. The molecule has 0 saturated carbocycles. The van der Waals surface area contributed by atoms with Gasteiger partial charge in [0, 0.05) is 22.0 Å². The number of benzene rings is 2. The van der Waals surface area contributed by atoms with E-state index in [0.29, 0.717) is 17.2 Å². The molecule has 0 spiro atoms. The van der Waals surface area contributed by atoms with Crippen molar-refractivity contribution in [3.8, 4) is 0 Å². The van der Waals surface area contributed by atoms with Crippen LogP contribution in [0.4, 0.5) is 5.69 Å². The maximum Gasteiger partial charge on any atom is 0.262 e. The van der Waals surface area contributed by atoms with Crippen LogP contribution >= 0.6 is 23.4 Å². The van der Waals surface area contributed by atoms with Crippen LogP contribution in [0, 0.1) is 0 Å². The minimum atomic E-state index is -0.400. The number of thioether (sulfide) groups is 1. The Morgan fingerprint density at radius 1 is 1.16 bits per heavy atom. The lowest BCUT2D eigenvalue weighted by Gasteiger charge is -2.20. The highest BCUT2D eigenvalue weighted by molar-refractivity contribution is 8.00. The molecule has 3 N–H and O–H groups in total. The van der Waals surface area contributed by atoms with E-state index in [4.69, 9.17) is 21.8 Å². The Morgan fingerprint density at radius 3 is 2.66 bits per heavy atom. The molecule has 3 aromatic rings. The van der Waals surface area contributed by atoms with E-state index in [1.165, 1.54) is 16.8 Å². The SMILES string of the molecule is NC(=O)CSc1ccccc1NCC(=O)N1N=C(c2ccc(Cl)cc2)CC1c1ccco1. The van der Waals surface area contributed by atoms with Gasteiger partial charge in [-0.05, 0) is 42.0 Å². The molecule has 2 amide bonds. The largest absolute Gasteiger partial charge is 0.467 e. The van der Waals surface area contributed by atoms with Crippen molar-refractivity contribution < 1.29 is 14.0 Å². The van der Waals surface area contributed by atoms with Crippen molar-refractivity contribution in [2.24, 2.45) is 10.8 Å². The van der Waals surface area contributed by atoms with E-state index in [-0.39, 0.29) is 24.2 Å². The summed E-state index contributed by atoms with van der Waals surface area (Å²) in [6.07, 6.45) is 2.12. The number of nitrogens with zero attached hydrogens (tertiary/aromatic N) is 2. The number of hydrogen-bond acceptors (Lipinski definition) is 6. The van der Waals surface area contributed by atoms with Gasteiger partial charge in [0.05, 0.1) is 24.3 Å². The van der Waals surface area contributed by atoms with Crippen LogP contribution in [0.15, 0.2) is 81.3 Å². The lowest BCUT2D eigenvalue weighted by Crippen LogP contribution is -2.32. The number of carbonyl (C=O) groups excluding carboxylic acids is 2. The van der Waals surface area contributed by atoms with Crippen LogP contribution in [-0.2, 0) is 9.59 Å². The number of nitrogens with one attached hydrogen (secondary N) is 1. The van der Waals surface area contributed by atoms with Gasteiger partial charge in [0.2, 0.25) is 5.91 Å². The first kappa shape index (κ1) is 22.0. The maximum atomic E-state index is 13.1. The van der Waals surface area contributed by atoms with Crippen molar-refractivity contribution in [2.75, 3.05) is 17.6 Å². The Bertz CT molecular complexity index is 1130. The third-order valence-corrected chi connectivity index (χ3v) is 6.25. The number of rotatable bonds is 8. The molecule has 0 saturated heterocycles. The molecule has 1 aromatic heterocycles. The number of hydrazone groups is 1. The monoisotopic (exact) mass is 468 g/mol. The first-order chi connectivity index (χ1) is 15.5. The minimum Gasteiger partial charge on any atom is -0.467 e. The maximum absolute atomic E-state index is 13.1. The van der Waals surface area contributed by atoms with Crippen LogP contribution in [-0.4, -0.2) is 34.8 Å². The van der Waals surface area contributed by atoms with Crippen LogP contribution in [0.1, 0.15) is 23.8 Å². The summed E-state index contributed by atoms with van der Waals surface area (Å²) in [6.45, 7) is 0.0305. The smallest absolute Gasteiger partial charge is 0.262 e. The van der Waals surface area contributed by atoms with Gasteiger partial charge in [-0.1, -0.05) is 35.9 Å². The molecule has 32 heavy (non-hydrogen) atoms. The van der Waals surface area contributed by atoms with E-state index in [2.05, 4.69) is 10.4 Å². The van der Waals surface area contributed by atoms with Crippen LogP contribution in [0.3, 0.4) is 0 Å². The number of amides is 2. The Hall–Kier alpha value is -3.23. The molecule has 1 unspecified atom stereocenters. The number of anilines is 1.